The molecule has 0 atom stereocenters. The summed E-state index contributed by atoms with van der Waals surface area (Å²) in [6, 6.07) is 0. The zero-order valence-corrected chi connectivity index (χ0v) is 8.26. The topological polar surface area (TPSA) is 30.7 Å². The summed E-state index contributed by atoms with van der Waals surface area (Å²) in [4.78, 5) is 14.5. The molecule has 0 aliphatic rings. The van der Waals surface area contributed by atoms with Crippen LogP contribution in [0, 0.1) is 6.57 Å². The van der Waals surface area contributed by atoms with Crippen molar-refractivity contribution in [2.45, 2.75) is 45.8 Å². The van der Waals surface area contributed by atoms with E-state index in [1.807, 2.05) is 0 Å². The van der Waals surface area contributed by atoms with E-state index in [4.69, 9.17) is 11.3 Å². The predicted molar refractivity (Wildman–Crippen MR) is 46.5 cm³/mol. The number of hydrogen-bond donors (Lipinski definition) is 0. The van der Waals surface area contributed by atoms with Crippen LogP contribution in [-0.2, 0) is 9.53 Å². The van der Waals surface area contributed by atoms with Gasteiger partial charge in [0.25, 0.3) is 0 Å². The van der Waals surface area contributed by atoms with Crippen molar-refractivity contribution in [2.24, 2.45) is 0 Å². The van der Waals surface area contributed by atoms with E-state index in [-0.39, 0.29) is 0 Å². The highest BCUT2D eigenvalue weighted by molar-refractivity contribution is 5.82. The minimum atomic E-state index is -1.06. The van der Waals surface area contributed by atoms with Gasteiger partial charge in [0.2, 0.25) is 0 Å². The van der Waals surface area contributed by atoms with E-state index in [0.717, 1.165) is 0 Å². The van der Waals surface area contributed by atoms with Crippen LogP contribution in [0.15, 0.2) is 0 Å². The third kappa shape index (κ3) is 3.38. The molecule has 0 N–H and O–H groups in total. The lowest BCUT2D eigenvalue weighted by atomic mass is 10.1. The predicted octanol–water partition coefficient (Wildman–Crippen LogP) is 2.03. The zero-order chi connectivity index (χ0) is 9.99. The smallest absolute Gasteiger partial charge is 0.393 e. The van der Waals surface area contributed by atoms with E-state index in [1.165, 1.54) is 0 Å². The van der Waals surface area contributed by atoms with Gasteiger partial charge in [-0.1, -0.05) is 0 Å². The maximum atomic E-state index is 11.3. The van der Waals surface area contributed by atoms with E-state index in [9.17, 15) is 4.79 Å². The van der Waals surface area contributed by atoms with Crippen LogP contribution >= 0.6 is 0 Å². The van der Waals surface area contributed by atoms with Gasteiger partial charge in [-0.15, -0.1) is 0 Å². The van der Waals surface area contributed by atoms with Gasteiger partial charge in [0, 0.05) is 13.8 Å². The number of carbonyl (C=O) groups excluding carboxylic acids is 1. The number of nitrogens with zero attached hydrogens (tertiary/aromatic N) is 1. The Labute approximate surface area is 73.5 Å². The molecule has 0 bridgehead atoms. The molecule has 0 amide bonds. The van der Waals surface area contributed by atoms with E-state index < -0.39 is 17.1 Å². The van der Waals surface area contributed by atoms with Crippen molar-refractivity contribution in [3.05, 3.63) is 11.4 Å². The zero-order valence-electron chi connectivity index (χ0n) is 8.26. The molecular formula is C9H15NO2. The lowest BCUT2D eigenvalue weighted by Gasteiger charge is -2.21. The summed E-state index contributed by atoms with van der Waals surface area (Å²) in [6.45, 7) is 15.2. The molecule has 68 valence electrons. The number of carbonyl (C=O) groups is 1. The molecule has 0 heterocycles. The highest BCUT2D eigenvalue weighted by Crippen LogP contribution is 2.16. The van der Waals surface area contributed by atoms with Crippen molar-refractivity contribution >= 4 is 5.97 Å². The molecule has 3 nitrogen and oxygen atoms in total. The molecule has 0 radical (unpaired) electrons. The Hall–Kier alpha value is -1.04. The van der Waals surface area contributed by atoms with Crippen molar-refractivity contribution < 1.29 is 9.53 Å². The molecule has 0 spiro atoms. The van der Waals surface area contributed by atoms with Crippen LogP contribution in [0.4, 0.5) is 0 Å². The highest BCUT2D eigenvalue weighted by atomic mass is 16.6. The Morgan fingerprint density at radius 3 is 1.92 bits per heavy atom. The molecular weight excluding hydrogens is 154 g/mol. The van der Waals surface area contributed by atoms with Crippen molar-refractivity contribution in [1.29, 1.82) is 0 Å². The summed E-state index contributed by atoms with van der Waals surface area (Å²) in [7, 11) is 0. The lowest BCUT2D eigenvalue weighted by Crippen LogP contribution is -2.36. The van der Waals surface area contributed by atoms with Crippen molar-refractivity contribution in [3.8, 4) is 0 Å². The average Bonchev–Trinajstić information content (AvgIpc) is 1.84. The van der Waals surface area contributed by atoms with Crippen LogP contribution in [-0.4, -0.2) is 17.1 Å². The molecule has 0 saturated carbocycles. The SMILES string of the molecule is [C-]#[N+]C(C)(C)C(=O)OC(C)(C)C. The standard InChI is InChI=1S/C9H15NO2/c1-8(2,3)12-7(11)9(4,5)10-6/h1-5H3. The Morgan fingerprint density at radius 2 is 1.67 bits per heavy atom. The Kier molecular flexibility index (Phi) is 2.87. The van der Waals surface area contributed by atoms with E-state index in [0.29, 0.717) is 0 Å². The van der Waals surface area contributed by atoms with Gasteiger partial charge in [-0.05, 0) is 20.8 Å². The number of rotatable bonds is 1. The molecule has 0 fully saturated rings. The van der Waals surface area contributed by atoms with E-state index >= 15 is 0 Å². The van der Waals surface area contributed by atoms with Crippen LogP contribution in [0.1, 0.15) is 34.6 Å². The molecule has 3 heteroatoms. The Morgan fingerprint density at radius 1 is 1.25 bits per heavy atom. The first-order valence-electron chi connectivity index (χ1n) is 3.81. The number of esters is 1. The molecule has 0 aliphatic heterocycles. The van der Waals surface area contributed by atoms with Gasteiger partial charge in [0.1, 0.15) is 5.60 Å². The number of ether oxygens (including phenoxy) is 1. The fourth-order valence-corrected chi connectivity index (χ4v) is 0.449. The average molecular weight is 169 g/mol. The van der Waals surface area contributed by atoms with Crippen LogP contribution < -0.4 is 0 Å². The summed E-state index contributed by atoms with van der Waals surface area (Å²) >= 11 is 0. The van der Waals surface area contributed by atoms with Gasteiger partial charge in [-0.3, -0.25) is 4.85 Å². The second-order valence-corrected chi connectivity index (χ2v) is 4.17. The van der Waals surface area contributed by atoms with Gasteiger partial charge in [0.15, 0.2) is 0 Å². The van der Waals surface area contributed by atoms with Crippen LogP contribution in [0.25, 0.3) is 4.85 Å². The summed E-state index contributed by atoms with van der Waals surface area (Å²) in [5, 5.41) is 0. The third-order valence-corrected chi connectivity index (χ3v) is 1.18. The third-order valence-electron chi connectivity index (χ3n) is 1.18. The molecule has 0 saturated heterocycles. The quantitative estimate of drug-likeness (QED) is 0.444. The first kappa shape index (κ1) is 11.0. The summed E-state index contributed by atoms with van der Waals surface area (Å²) in [5.74, 6) is -0.468. The normalized spacial score (nSPS) is 12.0. The van der Waals surface area contributed by atoms with Gasteiger partial charge >= 0.3 is 11.5 Å². The lowest BCUT2D eigenvalue weighted by molar-refractivity contribution is -0.158. The molecule has 0 aromatic carbocycles. The van der Waals surface area contributed by atoms with Gasteiger partial charge in [-0.25, -0.2) is 11.4 Å². The van der Waals surface area contributed by atoms with Crippen molar-refractivity contribution in [3.63, 3.8) is 0 Å². The van der Waals surface area contributed by atoms with Crippen LogP contribution in [0.2, 0.25) is 0 Å². The van der Waals surface area contributed by atoms with E-state index in [1.54, 1.807) is 34.6 Å². The second-order valence-electron chi connectivity index (χ2n) is 4.17. The number of hydrogen-bond acceptors (Lipinski definition) is 2. The molecule has 0 aromatic rings. The van der Waals surface area contributed by atoms with Gasteiger partial charge < -0.3 is 4.74 Å². The van der Waals surface area contributed by atoms with Crippen LogP contribution in [0.3, 0.4) is 0 Å². The second kappa shape index (κ2) is 3.14. The fourth-order valence-electron chi connectivity index (χ4n) is 0.449. The monoisotopic (exact) mass is 169 g/mol. The van der Waals surface area contributed by atoms with Crippen molar-refractivity contribution in [2.75, 3.05) is 0 Å². The van der Waals surface area contributed by atoms with Crippen LogP contribution in [0.5, 0.6) is 0 Å². The molecule has 0 aromatic heterocycles. The molecule has 0 aliphatic carbocycles. The minimum Gasteiger partial charge on any atom is -0.454 e. The first-order chi connectivity index (χ1) is 5.19. The maximum Gasteiger partial charge on any atom is 0.393 e. The maximum absolute atomic E-state index is 11.3. The Balaban J connectivity index is 4.37. The van der Waals surface area contributed by atoms with Gasteiger partial charge in [0.05, 0.1) is 0 Å². The summed E-state index contributed by atoms with van der Waals surface area (Å²) in [6.07, 6.45) is 0. The minimum absolute atomic E-state index is 0.468. The van der Waals surface area contributed by atoms with Gasteiger partial charge in [-0.2, -0.15) is 0 Å². The Bertz CT molecular complexity index is 218. The molecule has 0 unspecified atom stereocenters. The van der Waals surface area contributed by atoms with Crippen molar-refractivity contribution in [1.82, 2.24) is 0 Å². The summed E-state index contributed by atoms with van der Waals surface area (Å²) < 4.78 is 5.04. The first-order valence-corrected chi connectivity index (χ1v) is 3.81. The fraction of sp³-hybridized carbons (Fsp3) is 0.778. The highest BCUT2D eigenvalue weighted by Gasteiger charge is 2.38. The largest absolute Gasteiger partial charge is 0.454 e. The summed E-state index contributed by atoms with van der Waals surface area (Å²) in [5.41, 5.74) is -1.58. The molecule has 0 rings (SSSR count). The molecule has 12 heavy (non-hydrogen) atoms. The van der Waals surface area contributed by atoms with E-state index in [2.05, 4.69) is 4.85 Å².